The van der Waals surface area contributed by atoms with Crippen LogP contribution in [0.25, 0.3) is 0 Å². The van der Waals surface area contributed by atoms with Crippen molar-refractivity contribution in [1.82, 2.24) is 4.90 Å². The van der Waals surface area contributed by atoms with Gasteiger partial charge in [-0.05, 0) is 43.4 Å². The van der Waals surface area contributed by atoms with Crippen LogP contribution in [0.15, 0.2) is 54.6 Å². The van der Waals surface area contributed by atoms with Gasteiger partial charge >= 0.3 is 0 Å². The molecule has 126 valence electrons. The molecule has 0 atom stereocenters. The summed E-state index contributed by atoms with van der Waals surface area (Å²) in [5, 5.41) is 4.10. The highest BCUT2D eigenvalue weighted by Crippen LogP contribution is 2.28. The van der Waals surface area contributed by atoms with Gasteiger partial charge in [-0.25, -0.2) is 0 Å². The topological polar surface area (TPSA) is 27.7 Å². The summed E-state index contributed by atoms with van der Waals surface area (Å²) in [6, 6.07) is 18.3. The van der Waals surface area contributed by atoms with E-state index in [2.05, 4.69) is 27.2 Å². The van der Waals surface area contributed by atoms with E-state index in [1.54, 1.807) is 0 Å². The summed E-state index contributed by atoms with van der Waals surface area (Å²) in [7, 11) is 0. The van der Waals surface area contributed by atoms with Crippen LogP contribution in [0.4, 0.5) is 11.4 Å². The number of thiocarbonyl (C=S) groups is 1. The molecule has 0 amide bonds. The van der Waals surface area contributed by atoms with Gasteiger partial charge in [0.25, 0.3) is 0 Å². The number of para-hydroxylation sites is 3. The lowest BCUT2D eigenvalue weighted by Crippen LogP contribution is -2.50. The minimum atomic E-state index is 0.683. The molecule has 5 heteroatoms. The third-order valence-electron chi connectivity index (χ3n) is 4.10. The molecule has 0 spiro atoms. The Morgan fingerprint density at radius 1 is 1.00 bits per heavy atom. The minimum Gasteiger partial charge on any atom is -0.492 e. The van der Waals surface area contributed by atoms with Crippen LogP contribution >= 0.6 is 12.2 Å². The number of benzene rings is 2. The number of hydrogen-bond donors (Lipinski definition) is 1. The number of anilines is 2. The number of nitrogens with zero attached hydrogens (tertiary/aromatic N) is 2. The van der Waals surface area contributed by atoms with E-state index in [9.17, 15) is 0 Å². The molecule has 0 bridgehead atoms. The Morgan fingerprint density at radius 2 is 1.67 bits per heavy atom. The van der Waals surface area contributed by atoms with Gasteiger partial charge in [0.05, 0.1) is 12.3 Å². The lowest BCUT2D eigenvalue weighted by Gasteiger charge is -2.38. The number of hydrogen-bond acceptors (Lipinski definition) is 3. The summed E-state index contributed by atoms with van der Waals surface area (Å²) >= 11 is 5.55. The normalized spacial score (nSPS) is 14.4. The molecule has 1 aliphatic rings. The average molecular weight is 341 g/mol. The maximum Gasteiger partial charge on any atom is 0.173 e. The van der Waals surface area contributed by atoms with Crippen LogP contribution in [0.5, 0.6) is 5.75 Å². The maximum atomic E-state index is 5.75. The van der Waals surface area contributed by atoms with Gasteiger partial charge in [-0.1, -0.05) is 30.3 Å². The molecule has 1 N–H and O–H groups in total. The van der Waals surface area contributed by atoms with Gasteiger partial charge in [0.15, 0.2) is 5.11 Å². The zero-order chi connectivity index (χ0) is 16.8. The van der Waals surface area contributed by atoms with Crippen molar-refractivity contribution in [2.45, 2.75) is 6.92 Å². The Kier molecular flexibility index (Phi) is 5.54. The first-order valence-electron chi connectivity index (χ1n) is 8.35. The summed E-state index contributed by atoms with van der Waals surface area (Å²) in [4.78, 5) is 4.59. The molecular formula is C19H23N3OS. The second-order valence-electron chi connectivity index (χ2n) is 5.67. The predicted octanol–water partition coefficient (Wildman–Crippen LogP) is 3.60. The van der Waals surface area contributed by atoms with Crippen molar-refractivity contribution in [2.75, 3.05) is 43.0 Å². The van der Waals surface area contributed by atoms with Crippen LogP contribution in [-0.2, 0) is 0 Å². The summed E-state index contributed by atoms with van der Waals surface area (Å²) in [6.07, 6.45) is 0. The summed E-state index contributed by atoms with van der Waals surface area (Å²) in [5.41, 5.74) is 2.20. The highest BCUT2D eigenvalue weighted by Gasteiger charge is 2.21. The van der Waals surface area contributed by atoms with E-state index in [-0.39, 0.29) is 0 Å². The van der Waals surface area contributed by atoms with Gasteiger partial charge in [0.1, 0.15) is 5.75 Å². The van der Waals surface area contributed by atoms with Gasteiger partial charge in [0, 0.05) is 31.9 Å². The van der Waals surface area contributed by atoms with Gasteiger partial charge in [-0.15, -0.1) is 0 Å². The first kappa shape index (κ1) is 16.6. The van der Waals surface area contributed by atoms with Crippen LogP contribution in [0, 0.1) is 0 Å². The quantitative estimate of drug-likeness (QED) is 0.858. The molecule has 0 aliphatic carbocycles. The zero-order valence-electron chi connectivity index (χ0n) is 13.9. The fraction of sp³-hybridized carbons (Fsp3) is 0.316. The monoisotopic (exact) mass is 341 g/mol. The van der Waals surface area contributed by atoms with Gasteiger partial charge in [-0.2, -0.15) is 0 Å². The minimum absolute atomic E-state index is 0.683. The average Bonchev–Trinajstić information content (AvgIpc) is 2.63. The Morgan fingerprint density at radius 3 is 2.38 bits per heavy atom. The molecule has 1 heterocycles. The molecule has 4 nitrogen and oxygen atoms in total. The molecule has 0 radical (unpaired) electrons. The molecule has 1 aliphatic heterocycles. The van der Waals surface area contributed by atoms with Crippen molar-refractivity contribution < 1.29 is 4.74 Å². The summed E-state index contributed by atoms with van der Waals surface area (Å²) < 4.78 is 5.75. The Hall–Kier alpha value is -2.27. The highest BCUT2D eigenvalue weighted by atomic mass is 32.1. The number of nitrogens with one attached hydrogen (secondary N) is 1. The zero-order valence-corrected chi connectivity index (χ0v) is 14.8. The van der Waals surface area contributed by atoms with Crippen molar-refractivity contribution in [3.05, 3.63) is 54.6 Å². The largest absolute Gasteiger partial charge is 0.492 e. The fourth-order valence-electron chi connectivity index (χ4n) is 2.87. The SMILES string of the molecule is CCOc1ccccc1N1CCN(C(=S)Nc2ccccc2)CC1. The van der Waals surface area contributed by atoms with Crippen molar-refractivity contribution in [3.8, 4) is 5.75 Å². The lowest BCUT2D eigenvalue weighted by atomic mass is 10.2. The van der Waals surface area contributed by atoms with Gasteiger partial charge in [-0.3, -0.25) is 0 Å². The molecule has 3 rings (SSSR count). The van der Waals surface area contributed by atoms with E-state index in [1.165, 1.54) is 5.69 Å². The first-order chi connectivity index (χ1) is 11.8. The maximum absolute atomic E-state index is 5.75. The van der Waals surface area contributed by atoms with Crippen LogP contribution in [0.1, 0.15) is 6.92 Å². The van der Waals surface area contributed by atoms with Crippen molar-refractivity contribution in [1.29, 1.82) is 0 Å². The number of piperazine rings is 1. The standard InChI is InChI=1S/C19H23N3OS/c1-2-23-18-11-7-6-10-17(18)21-12-14-22(15-13-21)19(24)20-16-8-4-3-5-9-16/h3-11H,2,12-15H2,1H3,(H,20,24). The Bertz CT molecular complexity index is 669. The molecule has 1 saturated heterocycles. The van der Waals surface area contributed by atoms with E-state index in [0.29, 0.717) is 6.61 Å². The van der Waals surface area contributed by atoms with Crippen LogP contribution in [0.2, 0.25) is 0 Å². The molecule has 2 aromatic rings. The lowest BCUT2D eigenvalue weighted by molar-refractivity contribution is 0.336. The first-order valence-corrected chi connectivity index (χ1v) is 8.76. The van der Waals surface area contributed by atoms with Gasteiger partial charge in [0.2, 0.25) is 0 Å². The Labute approximate surface area is 149 Å². The highest BCUT2D eigenvalue weighted by molar-refractivity contribution is 7.80. The third kappa shape index (κ3) is 3.97. The summed E-state index contributed by atoms with van der Waals surface area (Å²) in [6.45, 7) is 6.37. The van der Waals surface area contributed by atoms with Crippen LogP contribution in [-0.4, -0.2) is 42.8 Å². The van der Waals surface area contributed by atoms with Crippen LogP contribution in [0.3, 0.4) is 0 Å². The van der Waals surface area contributed by atoms with Gasteiger partial charge < -0.3 is 19.9 Å². The van der Waals surface area contributed by atoms with E-state index in [0.717, 1.165) is 42.7 Å². The van der Waals surface area contributed by atoms with Crippen molar-refractivity contribution in [3.63, 3.8) is 0 Å². The molecule has 0 aromatic heterocycles. The van der Waals surface area contributed by atoms with E-state index in [1.807, 2.05) is 49.4 Å². The molecule has 0 unspecified atom stereocenters. The fourth-order valence-corrected chi connectivity index (χ4v) is 3.17. The van der Waals surface area contributed by atoms with E-state index < -0.39 is 0 Å². The van der Waals surface area contributed by atoms with Crippen molar-refractivity contribution in [2.24, 2.45) is 0 Å². The molecule has 0 saturated carbocycles. The second-order valence-corrected chi connectivity index (χ2v) is 6.06. The molecule has 2 aromatic carbocycles. The van der Waals surface area contributed by atoms with E-state index in [4.69, 9.17) is 17.0 Å². The van der Waals surface area contributed by atoms with Crippen molar-refractivity contribution >= 4 is 28.7 Å². The molecule has 1 fully saturated rings. The predicted molar refractivity (Wildman–Crippen MR) is 104 cm³/mol. The summed E-state index contributed by atoms with van der Waals surface area (Å²) in [5.74, 6) is 0.957. The number of rotatable bonds is 4. The van der Waals surface area contributed by atoms with Crippen LogP contribution < -0.4 is 15.0 Å². The third-order valence-corrected chi connectivity index (χ3v) is 4.46. The molecular weight excluding hydrogens is 318 g/mol. The molecule has 24 heavy (non-hydrogen) atoms. The number of ether oxygens (including phenoxy) is 1. The Balaban J connectivity index is 1.59. The smallest absolute Gasteiger partial charge is 0.173 e. The second kappa shape index (κ2) is 8.02. The van der Waals surface area contributed by atoms with E-state index >= 15 is 0 Å².